The summed E-state index contributed by atoms with van der Waals surface area (Å²) in [6.45, 7) is 0. The Balaban J connectivity index is 1.92. The van der Waals surface area contributed by atoms with Gasteiger partial charge in [-0.1, -0.05) is 60.7 Å². The summed E-state index contributed by atoms with van der Waals surface area (Å²) in [6, 6.07) is 22.0. The van der Waals surface area contributed by atoms with Gasteiger partial charge in [0.05, 0.1) is 14.8 Å². The highest BCUT2D eigenvalue weighted by Crippen LogP contribution is 2.45. The lowest BCUT2D eigenvalue weighted by Gasteiger charge is -2.02. The zero-order valence-electron chi connectivity index (χ0n) is 14.4. The molecule has 0 amide bonds. The molecule has 4 rings (SSSR count). The molecule has 0 saturated carbocycles. The van der Waals surface area contributed by atoms with Gasteiger partial charge in [-0.05, 0) is 17.9 Å². The molecule has 1 N–H and O–H groups in total. The van der Waals surface area contributed by atoms with Crippen molar-refractivity contribution in [3.63, 3.8) is 0 Å². The van der Waals surface area contributed by atoms with Gasteiger partial charge in [-0.15, -0.1) is 34.4 Å². The van der Waals surface area contributed by atoms with Gasteiger partial charge in [-0.3, -0.25) is 0 Å². The lowest BCUT2D eigenvalue weighted by Crippen LogP contribution is -1.89. The molecule has 4 aromatic rings. The number of thiazole rings is 1. The Kier molecular flexibility index (Phi) is 5.11. The highest BCUT2D eigenvalue weighted by molar-refractivity contribution is 8.00. The van der Waals surface area contributed by atoms with Crippen LogP contribution in [-0.4, -0.2) is 22.3 Å². The van der Waals surface area contributed by atoms with Crippen LogP contribution >= 0.6 is 34.4 Å². The first-order chi connectivity index (χ1) is 13.2. The summed E-state index contributed by atoms with van der Waals surface area (Å²) < 4.78 is 0.973. The molecule has 0 bridgehead atoms. The summed E-state index contributed by atoms with van der Waals surface area (Å²) in [5, 5.41) is 10.2. The van der Waals surface area contributed by atoms with Crippen molar-refractivity contribution >= 4 is 40.4 Å². The largest absolute Gasteiger partial charge is 0.477 e. The summed E-state index contributed by atoms with van der Waals surface area (Å²) in [4.78, 5) is 17.8. The summed E-state index contributed by atoms with van der Waals surface area (Å²) >= 11 is 4.46. The standard InChI is InChI=1S/C21H15NO2S3/c1-25-21-15(12-16(26-21)20(23)24)19-22-17(13-8-4-2-5-9-13)18(27-19)14-10-6-3-7-11-14/h2-12H,1H3,(H,23,24). The van der Waals surface area contributed by atoms with E-state index in [9.17, 15) is 9.90 Å². The topological polar surface area (TPSA) is 50.2 Å². The van der Waals surface area contributed by atoms with E-state index in [-0.39, 0.29) is 0 Å². The molecule has 6 heteroatoms. The number of rotatable bonds is 5. The average molecular weight is 410 g/mol. The van der Waals surface area contributed by atoms with Gasteiger partial charge in [-0.25, -0.2) is 9.78 Å². The Hall–Kier alpha value is -2.41. The fraction of sp³-hybridized carbons (Fsp3) is 0.0476. The minimum absolute atomic E-state index is 0.340. The third-order valence-electron chi connectivity index (χ3n) is 4.03. The maximum Gasteiger partial charge on any atom is 0.345 e. The van der Waals surface area contributed by atoms with Crippen LogP contribution in [0.15, 0.2) is 70.9 Å². The molecule has 0 aliphatic carbocycles. The number of nitrogens with zero attached hydrogens (tertiary/aromatic N) is 1. The number of hydrogen-bond donors (Lipinski definition) is 1. The minimum atomic E-state index is -0.898. The molecule has 2 aromatic heterocycles. The highest BCUT2D eigenvalue weighted by Gasteiger charge is 2.21. The van der Waals surface area contributed by atoms with Crippen LogP contribution in [0.2, 0.25) is 0 Å². The lowest BCUT2D eigenvalue weighted by atomic mass is 10.1. The fourth-order valence-electron chi connectivity index (χ4n) is 2.79. The summed E-state index contributed by atoms with van der Waals surface area (Å²) in [7, 11) is 0. The first kappa shape index (κ1) is 18.0. The molecule has 2 aromatic carbocycles. The van der Waals surface area contributed by atoms with Crippen molar-refractivity contribution in [2.75, 3.05) is 6.26 Å². The van der Waals surface area contributed by atoms with E-state index in [2.05, 4.69) is 24.3 Å². The van der Waals surface area contributed by atoms with Gasteiger partial charge in [-0.2, -0.15) is 0 Å². The SMILES string of the molecule is CSc1sc(C(=O)O)cc1-c1nc(-c2ccccc2)c(-c2ccccc2)s1. The quantitative estimate of drug-likeness (QED) is 0.376. The van der Waals surface area contributed by atoms with Crippen molar-refractivity contribution in [1.82, 2.24) is 4.98 Å². The number of carbonyl (C=O) groups is 1. The van der Waals surface area contributed by atoms with E-state index in [0.29, 0.717) is 4.88 Å². The number of carboxylic acids is 1. The van der Waals surface area contributed by atoms with Crippen LogP contribution in [-0.2, 0) is 0 Å². The Morgan fingerprint density at radius 1 is 0.963 bits per heavy atom. The first-order valence-corrected chi connectivity index (χ1v) is 11.1. The molecule has 0 saturated heterocycles. The van der Waals surface area contributed by atoms with Gasteiger partial charge in [0, 0.05) is 11.1 Å². The zero-order chi connectivity index (χ0) is 18.8. The first-order valence-electron chi connectivity index (χ1n) is 8.20. The number of thiophene rings is 1. The number of thioether (sulfide) groups is 1. The van der Waals surface area contributed by atoms with Gasteiger partial charge in [0.15, 0.2) is 0 Å². The molecule has 27 heavy (non-hydrogen) atoms. The Morgan fingerprint density at radius 3 is 2.19 bits per heavy atom. The maximum absolute atomic E-state index is 11.4. The van der Waals surface area contributed by atoms with Crippen LogP contribution in [0, 0.1) is 0 Å². The van der Waals surface area contributed by atoms with Gasteiger partial charge < -0.3 is 5.11 Å². The van der Waals surface area contributed by atoms with Crippen LogP contribution < -0.4 is 0 Å². The third kappa shape index (κ3) is 3.56. The monoisotopic (exact) mass is 409 g/mol. The van der Waals surface area contributed by atoms with Crippen LogP contribution in [0.25, 0.3) is 32.3 Å². The predicted molar refractivity (Wildman–Crippen MR) is 115 cm³/mol. The van der Waals surface area contributed by atoms with Crippen molar-refractivity contribution in [2.24, 2.45) is 0 Å². The van der Waals surface area contributed by atoms with Gasteiger partial charge in [0.1, 0.15) is 9.88 Å². The van der Waals surface area contributed by atoms with E-state index < -0.39 is 5.97 Å². The highest BCUT2D eigenvalue weighted by atomic mass is 32.2. The number of aromatic carboxylic acids is 1. The number of hydrogen-bond acceptors (Lipinski definition) is 5. The Morgan fingerprint density at radius 2 is 1.59 bits per heavy atom. The molecule has 0 spiro atoms. The molecule has 3 nitrogen and oxygen atoms in total. The van der Waals surface area contributed by atoms with Crippen LogP contribution in [0.1, 0.15) is 9.67 Å². The van der Waals surface area contributed by atoms with E-state index in [1.54, 1.807) is 29.2 Å². The van der Waals surface area contributed by atoms with Crippen LogP contribution in [0.3, 0.4) is 0 Å². The molecule has 0 unspecified atom stereocenters. The molecule has 0 aliphatic heterocycles. The van der Waals surface area contributed by atoms with Crippen LogP contribution in [0.5, 0.6) is 0 Å². The third-order valence-corrected chi connectivity index (χ3v) is 7.43. The number of benzene rings is 2. The number of aromatic nitrogens is 1. The predicted octanol–water partition coefficient (Wildman–Crippen LogP) is 6.63. The fourth-order valence-corrected chi connectivity index (χ4v) is 5.74. The van der Waals surface area contributed by atoms with E-state index in [1.807, 2.05) is 42.7 Å². The van der Waals surface area contributed by atoms with Crippen molar-refractivity contribution in [2.45, 2.75) is 4.21 Å². The van der Waals surface area contributed by atoms with Crippen molar-refractivity contribution in [3.05, 3.63) is 71.6 Å². The molecule has 0 atom stereocenters. The number of carboxylic acid groups (broad SMARTS) is 1. The maximum atomic E-state index is 11.4. The molecule has 0 aliphatic rings. The second kappa shape index (κ2) is 7.68. The van der Waals surface area contributed by atoms with Crippen molar-refractivity contribution in [3.8, 4) is 32.3 Å². The van der Waals surface area contributed by atoms with Crippen molar-refractivity contribution < 1.29 is 9.90 Å². The summed E-state index contributed by atoms with van der Waals surface area (Å²) in [6.07, 6.45) is 1.96. The molecule has 2 heterocycles. The van der Waals surface area contributed by atoms with Gasteiger partial charge >= 0.3 is 5.97 Å². The Labute approximate surface area is 169 Å². The second-order valence-electron chi connectivity index (χ2n) is 5.75. The van der Waals surface area contributed by atoms with Crippen LogP contribution in [0.4, 0.5) is 0 Å². The zero-order valence-corrected chi connectivity index (χ0v) is 16.8. The molecule has 0 radical (unpaired) electrons. The summed E-state index contributed by atoms with van der Waals surface area (Å²) in [5.74, 6) is -0.898. The Bertz CT molecular complexity index is 1030. The lowest BCUT2D eigenvalue weighted by molar-refractivity contribution is 0.0702. The van der Waals surface area contributed by atoms with Gasteiger partial charge in [0.2, 0.25) is 0 Å². The van der Waals surface area contributed by atoms with E-state index in [1.165, 1.54) is 11.3 Å². The van der Waals surface area contributed by atoms with E-state index >= 15 is 0 Å². The average Bonchev–Trinajstić information content (AvgIpc) is 3.34. The molecule has 0 fully saturated rings. The van der Waals surface area contributed by atoms with E-state index in [4.69, 9.17) is 4.98 Å². The smallest absolute Gasteiger partial charge is 0.345 e. The molecule has 134 valence electrons. The van der Waals surface area contributed by atoms with E-state index in [0.717, 1.165) is 36.5 Å². The molecular formula is C21H15NO2S3. The van der Waals surface area contributed by atoms with Crippen molar-refractivity contribution in [1.29, 1.82) is 0 Å². The second-order valence-corrected chi connectivity index (χ2v) is 8.88. The molecular weight excluding hydrogens is 394 g/mol. The normalized spacial score (nSPS) is 10.9. The van der Waals surface area contributed by atoms with Gasteiger partial charge in [0.25, 0.3) is 0 Å². The summed E-state index contributed by atoms with van der Waals surface area (Å²) in [5.41, 5.74) is 3.99. The minimum Gasteiger partial charge on any atom is -0.477 e.